The Morgan fingerprint density at radius 2 is 0.706 bits per heavy atom. The SMILES string of the molecule is c1ccc2c(-c3c4ccccc4c(-c4ccc(-c5ccc6c(ccc7c8ccc9ccccc9c8oc67)c5)cc4)c4ccccc34)cccc2c1. The van der Waals surface area contributed by atoms with Crippen LogP contribution in [0.2, 0.25) is 0 Å². The second-order valence-electron chi connectivity index (χ2n) is 13.6. The lowest BCUT2D eigenvalue weighted by Crippen LogP contribution is -1.91. The maximum absolute atomic E-state index is 6.62. The van der Waals surface area contributed by atoms with Crippen LogP contribution in [0.3, 0.4) is 0 Å². The molecule has 0 radical (unpaired) electrons. The summed E-state index contributed by atoms with van der Waals surface area (Å²) in [6, 6.07) is 66.3. The van der Waals surface area contributed by atoms with E-state index < -0.39 is 0 Å². The van der Waals surface area contributed by atoms with Crippen molar-refractivity contribution in [3.8, 4) is 33.4 Å². The Balaban J connectivity index is 1.05. The molecule has 1 heterocycles. The van der Waals surface area contributed by atoms with Gasteiger partial charge in [-0.1, -0.05) is 158 Å². The summed E-state index contributed by atoms with van der Waals surface area (Å²) < 4.78 is 6.62. The van der Waals surface area contributed by atoms with Gasteiger partial charge in [0.2, 0.25) is 0 Å². The zero-order valence-corrected chi connectivity index (χ0v) is 27.7. The molecule has 11 aromatic rings. The van der Waals surface area contributed by atoms with Gasteiger partial charge in [-0.15, -0.1) is 0 Å². The highest BCUT2D eigenvalue weighted by Gasteiger charge is 2.18. The summed E-state index contributed by atoms with van der Waals surface area (Å²) in [5.74, 6) is 0. The fourth-order valence-electron chi connectivity index (χ4n) is 8.47. The van der Waals surface area contributed by atoms with Crippen LogP contribution >= 0.6 is 0 Å². The summed E-state index contributed by atoms with van der Waals surface area (Å²) in [6.45, 7) is 0. The lowest BCUT2D eigenvalue weighted by atomic mass is 9.84. The number of benzene rings is 10. The van der Waals surface area contributed by atoms with Crippen LogP contribution in [-0.2, 0) is 0 Å². The molecular formula is C50H30O. The minimum Gasteiger partial charge on any atom is -0.455 e. The molecule has 0 spiro atoms. The van der Waals surface area contributed by atoms with Gasteiger partial charge in [-0.2, -0.15) is 0 Å². The van der Waals surface area contributed by atoms with Crippen LogP contribution < -0.4 is 0 Å². The van der Waals surface area contributed by atoms with Crippen molar-refractivity contribution >= 4 is 75.8 Å². The van der Waals surface area contributed by atoms with Gasteiger partial charge in [0.15, 0.2) is 0 Å². The summed E-state index contributed by atoms with van der Waals surface area (Å²) in [4.78, 5) is 0. The van der Waals surface area contributed by atoms with E-state index in [2.05, 4.69) is 182 Å². The van der Waals surface area contributed by atoms with Crippen molar-refractivity contribution in [1.82, 2.24) is 0 Å². The molecule has 1 aromatic heterocycles. The monoisotopic (exact) mass is 646 g/mol. The van der Waals surface area contributed by atoms with Gasteiger partial charge in [0, 0.05) is 21.5 Å². The average molecular weight is 647 g/mol. The first kappa shape index (κ1) is 28.2. The normalized spacial score (nSPS) is 11.9. The van der Waals surface area contributed by atoms with Crippen LogP contribution in [0.1, 0.15) is 0 Å². The van der Waals surface area contributed by atoms with E-state index >= 15 is 0 Å². The van der Waals surface area contributed by atoms with Crippen molar-refractivity contribution in [2.75, 3.05) is 0 Å². The van der Waals surface area contributed by atoms with Gasteiger partial charge in [0.1, 0.15) is 11.2 Å². The molecule has 11 rings (SSSR count). The minimum absolute atomic E-state index is 0.950. The van der Waals surface area contributed by atoms with E-state index in [1.165, 1.54) is 76.5 Å². The third kappa shape index (κ3) is 4.22. The molecule has 10 aromatic carbocycles. The van der Waals surface area contributed by atoms with Crippen molar-refractivity contribution in [1.29, 1.82) is 0 Å². The van der Waals surface area contributed by atoms with E-state index in [1.54, 1.807) is 0 Å². The van der Waals surface area contributed by atoms with E-state index in [9.17, 15) is 0 Å². The van der Waals surface area contributed by atoms with Crippen LogP contribution in [0.4, 0.5) is 0 Å². The molecule has 1 nitrogen and oxygen atoms in total. The number of furan rings is 1. The molecule has 0 saturated carbocycles. The standard InChI is InChI=1S/C50H30O/c1-3-13-37-32(10-1)12-9-19-40(37)48-43-17-7-5-15-41(43)47(42-16-6-8-18-44(42)48)34-22-20-31(21-23-34)35-25-27-39-36(30-35)26-29-46-45-28-24-33-11-2-4-14-38(33)49(45)51-50(39)46/h1-30H. The zero-order valence-electron chi connectivity index (χ0n) is 27.7. The fourth-order valence-corrected chi connectivity index (χ4v) is 8.47. The van der Waals surface area contributed by atoms with E-state index in [1.807, 2.05) is 0 Å². The summed E-state index contributed by atoms with van der Waals surface area (Å²) in [7, 11) is 0. The predicted octanol–water partition coefficient (Wildman–Crippen LogP) is 14.4. The molecule has 0 bridgehead atoms. The van der Waals surface area contributed by atoms with Crippen molar-refractivity contribution in [3.05, 3.63) is 182 Å². The van der Waals surface area contributed by atoms with Crippen LogP contribution in [-0.4, -0.2) is 0 Å². The number of hydrogen-bond donors (Lipinski definition) is 0. The topological polar surface area (TPSA) is 13.1 Å². The Hall–Kier alpha value is -6.70. The predicted molar refractivity (Wildman–Crippen MR) is 218 cm³/mol. The maximum Gasteiger partial charge on any atom is 0.143 e. The molecule has 0 aliphatic rings. The molecule has 0 atom stereocenters. The lowest BCUT2D eigenvalue weighted by Gasteiger charge is -2.19. The Morgan fingerprint density at radius 3 is 1.37 bits per heavy atom. The van der Waals surface area contributed by atoms with Crippen LogP contribution in [0, 0.1) is 0 Å². The summed E-state index contributed by atoms with van der Waals surface area (Å²) >= 11 is 0. The highest BCUT2D eigenvalue weighted by molar-refractivity contribution is 6.24. The van der Waals surface area contributed by atoms with Gasteiger partial charge in [-0.3, -0.25) is 0 Å². The molecule has 0 amide bonds. The second-order valence-corrected chi connectivity index (χ2v) is 13.6. The highest BCUT2D eigenvalue weighted by atomic mass is 16.3. The maximum atomic E-state index is 6.62. The molecule has 1 heteroatoms. The fraction of sp³-hybridized carbons (Fsp3) is 0. The summed E-state index contributed by atoms with van der Waals surface area (Å²) in [6.07, 6.45) is 0. The highest BCUT2D eigenvalue weighted by Crippen LogP contribution is 2.46. The molecular weight excluding hydrogens is 617 g/mol. The first-order chi connectivity index (χ1) is 25.3. The van der Waals surface area contributed by atoms with Crippen molar-refractivity contribution in [3.63, 3.8) is 0 Å². The summed E-state index contributed by atoms with van der Waals surface area (Å²) in [5.41, 5.74) is 9.34. The number of hydrogen-bond acceptors (Lipinski definition) is 1. The summed E-state index contributed by atoms with van der Waals surface area (Å²) in [5, 5.41) is 14.6. The molecule has 0 aliphatic heterocycles. The molecule has 51 heavy (non-hydrogen) atoms. The van der Waals surface area contributed by atoms with Crippen LogP contribution in [0.15, 0.2) is 186 Å². The minimum atomic E-state index is 0.950. The third-order valence-corrected chi connectivity index (χ3v) is 10.8. The van der Waals surface area contributed by atoms with Gasteiger partial charge in [-0.05, 0) is 101 Å². The van der Waals surface area contributed by atoms with Gasteiger partial charge in [0.25, 0.3) is 0 Å². The Bertz CT molecular complexity index is 3120. The molecule has 0 aliphatic carbocycles. The third-order valence-electron chi connectivity index (χ3n) is 10.8. The van der Waals surface area contributed by atoms with Gasteiger partial charge in [0.05, 0.1) is 0 Å². The molecule has 236 valence electrons. The van der Waals surface area contributed by atoms with Gasteiger partial charge >= 0.3 is 0 Å². The molecule has 0 saturated heterocycles. The number of fused-ring (bicyclic) bond motifs is 10. The van der Waals surface area contributed by atoms with Crippen LogP contribution in [0.25, 0.3) is 109 Å². The van der Waals surface area contributed by atoms with Crippen molar-refractivity contribution in [2.45, 2.75) is 0 Å². The van der Waals surface area contributed by atoms with E-state index in [0.717, 1.165) is 32.7 Å². The molecule has 0 N–H and O–H groups in total. The van der Waals surface area contributed by atoms with Crippen molar-refractivity contribution < 1.29 is 4.42 Å². The smallest absolute Gasteiger partial charge is 0.143 e. The lowest BCUT2D eigenvalue weighted by molar-refractivity contribution is 0.676. The second kappa shape index (κ2) is 10.9. The first-order valence-corrected chi connectivity index (χ1v) is 17.6. The molecule has 0 unspecified atom stereocenters. The largest absolute Gasteiger partial charge is 0.455 e. The number of rotatable bonds is 3. The zero-order chi connectivity index (χ0) is 33.5. The average Bonchev–Trinajstić information content (AvgIpc) is 3.59. The van der Waals surface area contributed by atoms with Gasteiger partial charge < -0.3 is 4.42 Å². The van der Waals surface area contributed by atoms with Crippen LogP contribution in [0.5, 0.6) is 0 Å². The van der Waals surface area contributed by atoms with E-state index in [4.69, 9.17) is 4.42 Å². The van der Waals surface area contributed by atoms with Gasteiger partial charge in [-0.25, -0.2) is 0 Å². The van der Waals surface area contributed by atoms with E-state index in [0.29, 0.717) is 0 Å². The Morgan fingerprint density at radius 1 is 0.255 bits per heavy atom. The first-order valence-electron chi connectivity index (χ1n) is 17.6. The van der Waals surface area contributed by atoms with Crippen molar-refractivity contribution in [2.24, 2.45) is 0 Å². The van der Waals surface area contributed by atoms with E-state index in [-0.39, 0.29) is 0 Å². The molecule has 0 fully saturated rings. The Kier molecular flexibility index (Phi) is 6.02. The Labute approximate surface area is 294 Å². The quantitative estimate of drug-likeness (QED) is 0.174.